The van der Waals surface area contributed by atoms with Gasteiger partial charge in [0.05, 0.1) is 5.75 Å². The first-order valence-electron chi connectivity index (χ1n) is 8.84. The maximum absolute atomic E-state index is 13.0. The number of sulfonamides is 1. The van der Waals surface area contributed by atoms with Crippen LogP contribution in [0, 0.1) is 5.82 Å². The normalized spacial score (nSPS) is 22.1. The van der Waals surface area contributed by atoms with E-state index < -0.39 is 26.0 Å². The quantitative estimate of drug-likeness (QED) is 0.657. The fourth-order valence-corrected chi connectivity index (χ4v) is 6.34. The number of piperazine rings is 2. The Morgan fingerprint density at radius 2 is 1.22 bits per heavy atom. The standard InChI is InChI=1S/C16H25FN4O4S2/c1-18-6-8-20(9-7-18)27(24,25)21-12-10-19(11-13-21)26(22,23)14-15-2-4-16(17)5-3-15/h2-5H,6-14H2,1H3. The number of benzene rings is 1. The van der Waals surface area contributed by atoms with Crippen LogP contribution in [0.15, 0.2) is 24.3 Å². The molecule has 27 heavy (non-hydrogen) atoms. The van der Waals surface area contributed by atoms with Gasteiger partial charge in [0.2, 0.25) is 10.0 Å². The summed E-state index contributed by atoms with van der Waals surface area (Å²) in [6.07, 6.45) is 0. The summed E-state index contributed by atoms with van der Waals surface area (Å²) in [5, 5.41) is 0. The van der Waals surface area contributed by atoms with Gasteiger partial charge in [0.15, 0.2) is 0 Å². The number of halogens is 1. The molecule has 3 rings (SSSR count). The van der Waals surface area contributed by atoms with E-state index in [9.17, 15) is 21.2 Å². The Hall–Kier alpha value is -1.11. The van der Waals surface area contributed by atoms with Crippen molar-refractivity contribution in [2.45, 2.75) is 5.75 Å². The van der Waals surface area contributed by atoms with Crippen LogP contribution in [0.3, 0.4) is 0 Å². The van der Waals surface area contributed by atoms with Gasteiger partial charge in [0.25, 0.3) is 10.2 Å². The second kappa shape index (κ2) is 8.10. The van der Waals surface area contributed by atoms with Gasteiger partial charge >= 0.3 is 0 Å². The molecule has 0 amide bonds. The summed E-state index contributed by atoms with van der Waals surface area (Å²) < 4.78 is 67.8. The third-order valence-electron chi connectivity index (χ3n) is 4.97. The van der Waals surface area contributed by atoms with Gasteiger partial charge in [0, 0.05) is 52.4 Å². The minimum atomic E-state index is -3.58. The molecule has 2 fully saturated rings. The van der Waals surface area contributed by atoms with Gasteiger partial charge < -0.3 is 4.90 Å². The van der Waals surface area contributed by atoms with Gasteiger partial charge in [-0.3, -0.25) is 0 Å². The zero-order valence-corrected chi connectivity index (χ0v) is 16.9. The molecule has 0 saturated carbocycles. The van der Waals surface area contributed by atoms with Crippen molar-refractivity contribution in [2.75, 3.05) is 59.4 Å². The molecule has 1 aromatic carbocycles. The van der Waals surface area contributed by atoms with Crippen LogP contribution < -0.4 is 0 Å². The Labute approximate surface area is 160 Å². The Kier molecular flexibility index (Phi) is 6.18. The molecule has 152 valence electrons. The molecule has 0 atom stereocenters. The first kappa shape index (κ1) is 20.6. The van der Waals surface area contributed by atoms with E-state index in [1.54, 1.807) is 0 Å². The molecular weight excluding hydrogens is 395 g/mol. The zero-order chi connectivity index (χ0) is 19.7. The first-order chi connectivity index (χ1) is 12.7. The summed E-state index contributed by atoms with van der Waals surface area (Å²) >= 11 is 0. The van der Waals surface area contributed by atoms with E-state index in [-0.39, 0.29) is 31.9 Å². The fourth-order valence-electron chi connectivity index (χ4n) is 3.24. The lowest BCUT2D eigenvalue weighted by Crippen LogP contribution is -2.57. The van der Waals surface area contributed by atoms with Crippen LogP contribution in [-0.2, 0) is 26.0 Å². The fraction of sp³-hybridized carbons (Fsp3) is 0.625. The highest BCUT2D eigenvalue weighted by molar-refractivity contribution is 7.88. The predicted molar refractivity (Wildman–Crippen MR) is 100 cm³/mol. The van der Waals surface area contributed by atoms with E-state index in [0.29, 0.717) is 31.7 Å². The number of hydrogen-bond acceptors (Lipinski definition) is 5. The van der Waals surface area contributed by atoms with Gasteiger partial charge in [-0.25, -0.2) is 12.8 Å². The van der Waals surface area contributed by atoms with Gasteiger partial charge in [0.1, 0.15) is 5.82 Å². The minimum Gasteiger partial charge on any atom is -0.304 e. The molecular formula is C16H25FN4O4S2. The molecule has 0 bridgehead atoms. The van der Waals surface area contributed by atoms with Crippen LogP contribution in [0.1, 0.15) is 5.56 Å². The third kappa shape index (κ3) is 4.84. The lowest BCUT2D eigenvalue weighted by molar-refractivity contribution is 0.201. The van der Waals surface area contributed by atoms with Gasteiger partial charge in [-0.1, -0.05) is 12.1 Å². The lowest BCUT2D eigenvalue weighted by Gasteiger charge is -2.38. The summed E-state index contributed by atoms with van der Waals surface area (Å²) in [5.41, 5.74) is 0.504. The maximum atomic E-state index is 13.0. The SMILES string of the molecule is CN1CCN(S(=O)(=O)N2CCN(S(=O)(=O)Cc3ccc(F)cc3)CC2)CC1. The van der Waals surface area contributed by atoms with E-state index in [2.05, 4.69) is 4.90 Å². The van der Waals surface area contributed by atoms with Crippen molar-refractivity contribution in [2.24, 2.45) is 0 Å². The van der Waals surface area contributed by atoms with E-state index in [1.807, 2.05) is 7.05 Å². The van der Waals surface area contributed by atoms with Gasteiger partial charge in [-0.2, -0.15) is 21.3 Å². The first-order valence-corrected chi connectivity index (χ1v) is 11.9. The predicted octanol–water partition coefficient (Wildman–Crippen LogP) is -0.235. The summed E-state index contributed by atoms with van der Waals surface area (Å²) in [6, 6.07) is 5.35. The molecule has 2 aliphatic rings. The summed E-state index contributed by atoms with van der Waals surface area (Å²) in [7, 11) is -5.19. The van der Waals surface area contributed by atoms with Crippen LogP contribution in [0.2, 0.25) is 0 Å². The zero-order valence-electron chi connectivity index (χ0n) is 15.3. The molecule has 8 nitrogen and oxygen atoms in total. The Balaban J connectivity index is 1.60. The van der Waals surface area contributed by atoms with Crippen molar-refractivity contribution in [3.63, 3.8) is 0 Å². The van der Waals surface area contributed by atoms with E-state index in [0.717, 1.165) is 0 Å². The largest absolute Gasteiger partial charge is 0.304 e. The molecule has 0 radical (unpaired) electrons. The van der Waals surface area contributed by atoms with Crippen molar-refractivity contribution >= 4 is 20.2 Å². The summed E-state index contributed by atoms with van der Waals surface area (Å²) in [5.74, 6) is -0.641. The van der Waals surface area contributed by atoms with Gasteiger partial charge in [-0.15, -0.1) is 0 Å². The number of nitrogens with zero attached hydrogens (tertiary/aromatic N) is 4. The van der Waals surface area contributed by atoms with Crippen LogP contribution >= 0.6 is 0 Å². The van der Waals surface area contributed by atoms with Crippen LogP contribution in [0.25, 0.3) is 0 Å². The third-order valence-corrected chi connectivity index (χ3v) is 8.85. The van der Waals surface area contributed by atoms with Crippen molar-refractivity contribution in [3.05, 3.63) is 35.6 Å². The van der Waals surface area contributed by atoms with Crippen molar-refractivity contribution in [3.8, 4) is 0 Å². The molecule has 1 aromatic rings. The molecule has 2 heterocycles. The molecule has 2 saturated heterocycles. The Morgan fingerprint density at radius 1 is 0.778 bits per heavy atom. The van der Waals surface area contributed by atoms with Crippen LogP contribution in [0.5, 0.6) is 0 Å². The second-order valence-corrected chi connectivity index (χ2v) is 10.8. The molecule has 0 aliphatic carbocycles. The average molecular weight is 421 g/mol. The maximum Gasteiger partial charge on any atom is 0.282 e. The smallest absolute Gasteiger partial charge is 0.282 e. The van der Waals surface area contributed by atoms with E-state index in [4.69, 9.17) is 0 Å². The van der Waals surface area contributed by atoms with E-state index >= 15 is 0 Å². The number of likely N-dealkylation sites (N-methyl/N-ethyl adjacent to an activating group) is 1. The molecule has 0 spiro atoms. The van der Waals surface area contributed by atoms with Crippen molar-refractivity contribution in [1.29, 1.82) is 0 Å². The monoisotopic (exact) mass is 420 g/mol. The molecule has 0 unspecified atom stereocenters. The molecule has 11 heteroatoms. The van der Waals surface area contributed by atoms with Crippen molar-refractivity contribution in [1.82, 2.24) is 17.8 Å². The number of rotatable bonds is 5. The Morgan fingerprint density at radius 3 is 1.74 bits per heavy atom. The topological polar surface area (TPSA) is 81.2 Å². The Bertz CT molecular complexity index is 845. The molecule has 0 aromatic heterocycles. The average Bonchev–Trinajstić information content (AvgIpc) is 2.64. The van der Waals surface area contributed by atoms with Crippen molar-refractivity contribution < 1.29 is 21.2 Å². The van der Waals surface area contributed by atoms with Crippen LogP contribution in [0.4, 0.5) is 4.39 Å². The highest BCUT2D eigenvalue weighted by Crippen LogP contribution is 2.18. The minimum absolute atomic E-state index is 0.122. The highest BCUT2D eigenvalue weighted by atomic mass is 32.2. The second-order valence-electron chi connectivity index (χ2n) is 6.89. The number of hydrogen-bond donors (Lipinski definition) is 0. The molecule has 0 N–H and O–H groups in total. The summed E-state index contributed by atoms with van der Waals surface area (Å²) in [6.45, 7) is 2.78. The van der Waals surface area contributed by atoms with E-state index in [1.165, 1.54) is 37.2 Å². The highest BCUT2D eigenvalue weighted by Gasteiger charge is 2.36. The summed E-state index contributed by atoms with van der Waals surface area (Å²) in [4.78, 5) is 2.08. The lowest BCUT2D eigenvalue weighted by atomic mass is 10.2. The van der Waals surface area contributed by atoms with Crippen LogP contribution in [-0.4, -0.2) is 94.1 Å². The van der Waals surface area contributed by atoms with Gasteiger partial charge in [-0.05, 0) is 24.7 Å². The molecule has 2 aliphatic heterocycles.